The Morgan fingerprint density at radius 3 is 2.03 bits per heavy atom. The number of amides is 2. The zero-order valence-electron chi connectivity index (χ0n) is 21.5. The number of hydrogen-bond acceptors (Lipinski definition) is 7. The average molecular weight is 509 g/mol. The first-order chi connectivity index (χ1) is 17.6. The molecule has 196 valence electrons. The van der Waals surface area contributed by atoms with Crippen LogP contribution < -0.4 is 5.32 Å². The van der Waals surface area contributed by atoms with E-state index in [1.807, 2.05) is 12.1 Å². The Bertz CT molecular complexity index is 1160. The molecule has 1 heterocycles. The fourth-order valence-electron chi connectivity index (χ4n) is 4.22. The number of Topliss-reactive ketones (excluding diaryl/α,β-unsaturated/α-hetero) is 2. The van der Waals surface area contributed by atoms with Crippen LogP contribution in [0.25, 0.3) is 11.1 Å². The van der Waals surface area contributed by atoms with Crippen LogP contribution in [0, 0.1) is 5.92 Å². The number of carbonyl (C=O) groups excluding carboxylic acids is 5. The molecule has 0 aliphatic carbocycles. The van der Waals surface area contributed by atoms with Gasteiger partial charge in [0.1, 0.15) is 12.1 Å². The minimum atomic E-state index is -0.848. The third-order valence-electron chi connectivity index (χ3n) is 6.38. The number of hydrogen-bond donors (Lipinski definition) is 1. The van der Waals surface area contributed by atoms with Gasteiger partial charge in [0.2, 0.25) is 5.91 Å². The molecule has 1 N–H and O–H groups in total. The van der Waals surface area contributed by atoms with Gasteiger partial charge in [-0.15, -0.1) is 0 Å². The van der Waals surface area contributed by atoms with Crippen molar-refractivity contribution in [2.45, 2.75) is 45.7 Å². The van der Waals surface area contributed by atoms with Crippen LogP contribution in [0.1, 0.15) is 54.3 Å². The minimum Gasteiger partial charge on any atom is -0.456 e. The van der Waals surface area contributed by atoms with E-state index >= 15 is 0 Å². The van der Waals surface area contributed by atoms with E-state index in [1.54, 1.807) is 50.2 Å². The molecule has 2 amide bonds. The van der Waals surface area contributed by atoms with Crippen LogP contribution in [0.15, 0.2) is 48.5 Å². The van der Waals surface area contributed by atoms with Crippen molar-refractivity contribution < 1.29 is 33.4 Å². The summed E-state index contributed by atoms with van der Waals surface area (Å²) in [5.74, 6) is -1.64. The van der Waals surface area contributed by atoms with Gasteiger partial charge in [-0.1, -0.05) is 62.4 Å². The zero-order valence-corrected chi connectivity index (χ0v) is 21.5. The molecule has 0 radical (unpaired) electrons. The third-order valence-corrected chi connectivity index (χ3v) is 6.38. The van der Waals surface area contributed by atoms with Crippen LogP contribution in [0.3, 0.4) is 0 Å². The van der Waals surface area contributed by atoms with Gasteiger partial charge in [-0.25, -0.2) is 9.59 Å². The Morgan fingerprint density at radius 2 is 1.51 bits per heavy atom. The summed E-state index contributed by atoms with van der Waals surface area (Å²) in [4.78, 5) is 63.0. The van der Waals surface area contributed by atoms with E-state index in [0.717, 1.165) is 11.1 Å². The van der Waals surface area contributed by atoms with Crippen molar-refractivity contribution in [3.63, 3.8) is 0 Å². The second-order valence-electron chi connectivity index (χ2n) is 9.29. The number of ketones is 2. The van der Waals surface area contributed by atoms with Gasteiger partial charge in [-0.2, -0.15) is 0 Å². The molecule has 1 aliphatic heterocycles. The smallest absolute Gasteiger partial charge is 0.407 e. The second-order valence-corrected chi connectivity index (χ2v) is 9.29. The van der Waals surface area contributed by atoms with Crippen molar-refractivity contribution in [2.75, 3.05) is 20.3 Å². The van der Waals surface area contributed by atoms with Gasteiger partial charge >= 0.3 is 12.1 Å². The molecule has 9 nitrogen and oxygen atoms in total. The highest BCUT2D eigenvalue weighted by atomic mass is 16.5. The summed E-state index contributed by atoms with van der Waals surface area (Å²) in [6, 6.07) is 12.4. The Hall–Kier alpha value is -4.01. The molecule has 0 unspecified atom stereocenters. The van der Waals surface area contributed by atoms with Crippen LogP contribution in [0.2, 0.25) is 0 Å². The first kappa shape index (κ1) is 27.6. The molecule has 0 spiro atoms. The van der Waals surface area contributed by atoms with E-state index in [0.29, 0.717) is 30.5 Å². The molecule has 3 rings (SSSR count). The fourth-order valence-corrected chi connectivity index (χ4v) is 4.22. The Labute approximate surface area is 216 Å². The topological polar surface area (TPSA) is 119 Å². The molecule has 2 atom stereocenters. The van der Waals surface area contributed by atoms with Gasteiger partial charge in [0.05, 0.1) is 7.11 Å². The summed E-state index contributed by atoms with van der Waals surface area (Å²) in [5, 5.41) is 2.52. The molecule has 0 saturated carbocycles. The number of benzene rings is 2. The predicted octanol–water partition coefficient (Wildman–Crippen LogP) is 3.65. The van der Waals surface area contributed by atoms with Crippen molar-refractivity contribution >= 4 is 29.5 Å². The van der Waals surface area contributed by atoms with Gasteiger partial charge < -0.3 is 19.7 Å². The zero-order chi connectivity index (χ0) is 27.1. The average Bonchev–Trinajstić information content (AvgIpc) is 3.40. The van der Waals surface area contributed by atoms with Crippen molar-refractivity contribution in [1.82, 2.24) is 10.2 Å². The largest absolute Gasteiger partial charge is 0.456 e. The summed E-state index contributed by atoms with van der Waals surface area (Å²) in [7, 11) is 1.21. The molecular formula is C28H32N2O7. The highest BCUT2D eigenvalue weighted by Gasteiger charge is 2.39. The highest BCUT2D eigenvalue weighted by molar-refractivity contribution is 5.99. The van der Waals surface area contributed by atoms with Gasteiger partial charge in [0.25, 0.3) is 0 Å². The van der Waals surface area contributed by atoms with E-state index in [-0.39, 0.29) is 17.5 Å². The quantitative estimate of drug-likeness (QED) is 0.406. The Balaban J connectivity index is 1.59. The van der Waals surface area contributed by atoms with E-state index in [2.05, 4.69) is 10.1 Å². The molecule has 1 saturated heterocycles. The van der Waals surface area contributed by atoms with Gasteiger partial charge in [-0.3, -0.25) is 14.4 Å². The van der Waals surface area contributed by atoms with Crippen LogP contribution in [0.5, 0.6) is 0 Å². The second kappa shape index (κ2) is 12.3. The standard InChI is InChI=1S/C28H32N2O7/c1-17(2)25(29-28(35)36-4)26(33)30-15-5-6-23(30)27(34)37-16-24(32)22-13-11-21(12-14-22)20-9-7-19(8-10-20)18(3)31/h7-14,17,23,25H,5-6,15-16H2,1-4H3,(H,29,35)/t23-,25-/m0/s1. The summed E-state index contributed by atoms with van der Waals surface area (Å²) < 4.78 is 9.90. The molecule has 37 heavy (non-hydrogen) atoms. The number of rotatable bonds is 9. The summed E-state index contributed by atoms with van der Waals surface area (Å²) in [5.41, 5.74) is 2.80. The van der Waals surface area contributed by atoms with Crippen LogP contribution in [-0.4, -0.2) is 66.8 Å². The maximum atomic E-state index is 13.1. The van der Waals surface area contributed by atoms with Crippen molar-refractivity contribution in [3.05, 3.63) is 59.7 Å². The Kier molecular flexibility index (Phi) is 9.16. The van der Waals surface area contributed by atoms with Crippen LogP contribution in [0.4, 0.5) is 4.79 Å². The Morgan fingerprint density at radius 1 is 0.946 bits per heavy atom. The van der Waals surface area contributed by atoms with Crippen molar-refractivity contribution in [3.8, 4) is 11.1 Å². The molecular weight excluding hydrogens is 476 g/mol. The van der Waals surface area contributed by atoms with E-state index in [1.165, 1.54) is 18.9 Å². The molecule has 0 bridgehead atoms. The lowest BCUT2D eigenvalue weighted by atomic mass is 10.0. The predicted molar refractivity (Wildman–Crippen MR) is 136 cm³/mol. The number of likely N-dealkylation sites (tertiary alicyclic amines) is 1. The summed E-state index contributed by atoms with van der Waals surface area (Å²) >= 11 is 0. The van der Waals surface area contributed by atoms with Crippen LogP contribution >= 0.6 is 0 Å². The molecule has 2 aromatic carbocycles. The molecule has 9 heteroatoms. The first-order valence-electron chi connectivity index (χ1n) is 12.2. The lowest BCUT2D eigenvalue weighted by Crippen LogP contribution is -2.54. The number of carbonyl (C=O) groups is 5. The molecule has 1 aliphatic rings. The van der Waals surface area contributed by atoms with Crippen molar-refractivity contribution in [2.24, 2.45) is 5.92 Å². The lowest BCUT2D eigenvalue weighted by Gasteiger charge is -2.29. The highest BCUT2D eigenvalue weighted by Crippen LogP contribution is 2.23. The van der Waals surface area contributed by atoms with Crippen molar-refractivity contribution in [1.29, 1.82) is 0 Å². The lowest BCUT2D eigenvalue weighted by molar-refractivity contribution is -0.153. The molecule has 2 aromatic rings. The summed E-state index contributed by atoms with van der Waals surface area (Å²) in [6.07, 6.45) is 0.297. The number of methoxy groups -OCH3 is 1. The number of alkyl carbamates (subject to hydrolysis) is 1. The normalized spacial score (nSPS) is 15.7. The van der Waals surface area contributed by atoms with Crippen LogP contribution in [-0.2, 0) is 19.1 Å². The van der Waals surface area contributed by atoms with Gasteiger partial charge in [0, 0.05) is 17.7 Å². The molecule has 0 aromatic heterocycles. The fraction of sp³-hybridized carbons (Fsp3) is 0.393. The van der Waals surface area contributed by atoms with E-state index in [9.17, 15) is 24.0 Å². The number of nitrogens with one attached hydrogen (secondary N) is 1. The maximum Gasteiger partial charge on any atom is 0.407 e. The SMILES string of the molecule is COC(=O)N[C@H](C(=O)N1CCC[C@H]1C(=O)OCC(=O)c1ccc(-c2ccc(C(C)=O)cc2)cc1)C(C)C. The minimum absolute atomic E-state index is 0.00951. The monoisotopic (exact) mass is 508 g/mol. The van der Waals surface area contributed by atoms with Gasteiger partial charge in [0.15, 0.2) is 18.2 Å². The third kappa shape index (κ3) is 6.81. The van der Waals surface area contributed by atoms with E-state index in [4.69, 9.17) is 4.74 Å². The number of esters is 1. The van der Waals surface area contributed by atoms with E-state index < -0.39 is 36.7 Å². The number of nitrogens with zero attached hydrogens (tertiary/aromatic N) is 1. The summed E-state index contributed by atoms with van der Waals surface area (Å²) in [6.45, 7) is 4.99. The number of ether oxygens (including phenoxy) is 2. The molecule has 1 fully saturated rings. The van der Waals surface area contributed by atoms with Gasteiger partial charge in [-0.05, 0) is 36.8 Å². The maximum absolute atomic E-state index is 13.1. The first-order valence-corrected chi connectivity index (χ1v) is 12.2.